The number of furan rings is 1. The van der Waals surface area contributed by atoms with Gasteiger partial charge >= 0.3 is 0 Å². The number of aryl methyl sites for hydroxylation is 1. The SMILES string of the molecule is Cc1ccc(C(C(C)N)N(C)Cc2ccc(F)cc2)o1. The first-order valence-corrected chi connectivity index (χ1v) is 6.74. The Bertz CT molecular complexity index is 548. The van der Waals surface area contributed by atoms with Crippen LogP contribution in [-0.2, 0) is 6.54 Å². The van der Waals surface area contributed by atoms with Crippen molar-refractivity contribution in [2.24, 2.45) is 5.73 Å². The summed E-state index contributed by atoms with van der Waals surface area (Å²) in [6, 6.07) is 10.4. The molecule has 2 N–H and O–H groups in total. The first-order chi connectivity index (χ1) is 9.47. The van der Waals surface area contributed by atoms with Crippen molar-refractivity contribution in [3.63, 3.8) is 0 Å². The minimum atomic E-state index is -0.221. The van der Waals surface area contributed by atoms with E-state index in [1.165, 1.54) is 12.1 Å². The summed E-state index contributed by atoms with van der Waals surface area (Å²) in [6.45, 7) is 4.57. The zero-order valence-corrected chi connectivity index (χ0v) is 12.1. The summed E-state index contributed by atoms with van der Waals surface area (Å²) in [7, 11) is 2.00. The molecule has 1 heterocycles. The summed E-state index contributed by atoms with van der Waals surface area (Å²) in [4.78, 5) is 2.12. The van der Waals surface area contributed by atoms with E-state index in [1.54, 1.807) is 12.1 Å². The molecule has 2 unspecified atom stereocenters. The molecule has 4 heteroatoms. The molecule has 2 rings (SSSR count). The van der Waals surface area contributed by atoms with Gasteiger partial charge < -0.3 is 10.2 Å². The van der Waals surface area contributed by atoms with Crippen molar-refractivity contribution in [1.82, 2.24) is 4.90 Å². The van der Waals surface area contributed by atoms with Gasteiger partial charge in [0, 0.05) is 12.6 Å². The molecule has 1 aromatic carbocycles. The molecule has 0 amide bonds. The maximum Gasteiger partial charge on any atom is 0.123 e. The lowest BCUT2D eigenvalue weighted by Crippen LogP contribution is -2.36. The molecule has 0 bridgehead atoms. The molecular formula is C16H21FN2O. The zero-order valence-electron chi connectivity index (χ0n) is 12.1. The second kappa shape index (κ2) is 6.20. The normalized spacial score (nSPS) is 14.5. The number of halogens is 1. The van der Waals surface area contributed by atoms with Gasteiger partial charge in [-0.1, -0.05) is 12.1 Å². The van der Waals surface area contributed by atoms with Gasteiger partial charge in [0.25, 0.3) is 0 Å². The van der Waals surface area contributed by atoms with Gasteiger partial charge in [-0.25, -0.2) is 4.39 Å². The fourth-order valence-electron chi connectivity index (χ4n) is 2.47. The summed E-state index contributed by atoms with van der Waals surface area (Å²) in [5.41, 5.74) is 7.14. The van der Waals surface area contributed by atoms with Crippen molar-refractivity contribution in [3.05, 3.63) is 59.3 Å². The highest BCUT2D eigenvalue weighted by Crippen LogP contribution is 2.25. The molecule has 0 radical (unpaired) electrons. The molecule has 3 nitrogen and oxygen atoms in total. The van der Waals surface area contributed by atoms with Gasteiger partial charge in [-0.3, -0.25) is 4.90 Å². The van der Waals surface area contributed by atoms with Gasteiger partial charge in [0.2, 0.25) is 0 Å². The Balaban J connectivity index is 2.15. The van der Waals surface area contributed by atoms with E-state index < -0.39 is 0 Å². The quantitative estimate of drug-likeness (QED) is 0.911. The third kappa shape index (κ3) is 3.46. The Labute approximate surface area is 119 Å². The topological polar surface area (TPSA) is 42.4 Å². The van der Waals surface area contributed by atoms with E-state index in [9.17, 15) is 4.39 Å². The van der Waals surface area contributed by atoms with E-state index in [2.05, 4.69) is 4.90 Å². The van der Waals surface area contributed by atoms with E-state index in [0.717, 1.165) is 17.1 Å². The van der Waals surface area contributed by atoms with Crippen LogP contribution in [-0.4, -0.2) is 18.0 Å². The number of nitrogens with zero attached hydrogens (tertiary/aromatic N) is 1. The van der Waals surface area contributed by atoms with Crippen molar-refractivity contribution in [3.8, 4) is 0 Å². The first kappa shape index (κ1) is 14.8. The number of nitrogens with two attached hydrogens (primary N) is 1. The monoisotopic (exact) mass is 276 g/mol. The fourth-order valence-corrected chi connectivity index (χ4v) is 2.47. The van der Waals surface area contributed by atoms with Gasteiger partial charge in [-0.15, -0.1) is 0 Å². The van der Waals surface area contributed by atoms with Crippen LogP contribution < -0.4 is 5.73 Å². The molecule has 0 fully saturated rings. The molecule has 20 heavy (non-hydrogen) atoms. The third-order valence-electron chi connectivity index (χ3n) is 3.37. The predicted octanol–water partition coefficient (Wildman–Crippen LogP) is 3.25. The maximum absolute atomic E-state index is 12.9. The Morgan fingerprint density at radius 1 is 1.20 bits per heavy atom. The van der Waals surface area contributed by atoms with Gasteiger partial charge in [-0.05, 0) is 50.7 Å². The lowest BCUT2D eigenvalue weighted by Gasteiger charge is -2.29. The smallest absolute Gasteiger partial charge is 0.123 e. The number of hydrogen-bond acceptors (Lipinski definition) is 3. The summed E-state index contributed by atoms with van der Waals surface area (Å²) in [6.07, 6.45) is 0. The lowest BCUT2D eigenvalue weighted by atomic mass is 10.1. The number of benzene rings is 1. The Morgan fingerprint density at radius 2 is 1.85 bits per heavy atom. The molecule has 2 aromatic rings. The van der Waals surface area contributed by atoms with Gasteiger partial charge in [-0.2, -0.15) is 0 Å². The summed E-state index contributed by atoms with van der Waals surface area (Å²) in [5.74, 6) is 1.52. The maximum atomic E-state index is 12.9. The zero-order chi connectivity index (χ0) is 14.7. The molecule has 0 spiro atoms. The number of hydrogen-bond donors (Lipinski definition) is 1. The predicted molar refractivity (Wildman–Crippen MR) is 77.7 cm³/mol. The Hall–Kier alpha value is -1.65. The molecule has 0 aliphatic rings. The van der Waals surface area contributed by atoms with Crippen LogP contribution in [0.5, 0.6) is 0 Å². The fraction of sp³-hybridized carbons (Fsp3) is 0.375. The van der Waals surface area contributed by atoms with E-state index in [4.69, 9.17) is 10.2 Å². The van der Waals surface area contributed by atoms with Crippen LogP contribution in [0.4, 0.5) is 4.39 Å². The first-order valence-electron chi connectivity index (χ1n) is 6.74. The highest BCUT2D eigenvalue weighted by Gasteiger charge is 2.24. The number of likely N-dealkylation sites (N-methyl/N-ethyl adjacent to an activating group) is 1. The molecule has 0 aliphatic heterocycles. The average Bonchev–Trinajstić information content (AvgIpc) is 2.78. The minimum Gasteiger partial charge on any atom is -0.465 e. The lowest BCUT2D eigenvalue weighted by molar-refractivity contribution is 0.182. The largest absolute Gasteiger partial charge is 0.465 e. The average molecular weight is 276 g/mol. The van der Waals surface area contributed by atoms with Crippen molar-refractivity contribution in [2.75, 3.05) is 7.05 Å². The molecule has 0 aliphatic carbocycles. The highest BCUT2D eigenvalue weighted by molar-refractivity contribution is 5.17. The standard InChI is InChI=1S/C16H21FN2O/c1-11-4-9-15(20-11)16(12(2)18)19(3)10-13-5-7-14(17)8-6-13/h4-9,12,16H,10,18H2,1-3H3. The van der Waals surface area contributed by atoms with Gasteiger partial charge in [0.1, 0.15) is 17.3 Å². The van der Waals surface area contributed by atoms with Crippen molar-refractivity contribution in [1.29, 1.82) is 0 Å². The molecule has 2 atom stereocenters. The number of rotatable bonds is 5. The van der Waals surface area contributed by atoms with E-state index in [0.29, 0.717) is 6.54 Å². The van der Waals surface area contributed by atoms with Crippen LogP contribution in [0.1, 0.15) is 30.0 Å². The second-order valence-corrected chi connectivity index (χ2v) is 5.29. The Kier molecular flexibility index (Phi) is 4.57. The molecular weight excluding hydrogens is 255 g/mol. The second-order valence-electron chi connectivity index (χ2n) is 5.29. The third-order valence-corrected chi connectivity index (χ3v) is 3.37. The van der Waals surface area contributed by atoms with E-state index in [-0.39, 0.29) is 17.9 Å². The summed E-state index contributed by atoms with van der Waals surface area (Å²) >= 11 is 0. The van der Waals surface area contributed by atoms with Crippen molar-refractivity contribution < 1.29 is 8.81 Å². The van der Waals surface area contributed by atoms with Crippen LogP contribution in [0.25, 0.3) is 0 Å². The van der Waals surface area contributed by atoms with Crippen LogP contribution in [0.15, 0.2) is 40.8 Å². The van der Waals surface area contributed by atoms with Crippen LogP contribution in [0.3, 0.4) is 0 Å². The van der Waals surface area contributed by atoms with E-state index in [1.807, 2.05) is 33.0 Å². The highest BCUT2D eigenvalue weighted by atomic mass is 19.1. The molecule has 0 saturated carbocycles. The van der Waals surface area contributed by atoms with Gasteiger partial charge in [0.15, 0.2) is 0 Å². The van der Waals surface area contributed by atoms with Crippen molar-refractivity contribution >= 4 is 0 Å². The van der Waals surface area contributed by atoms with Crippen LogP contribution in [0.2, 0.25) is 0 Å². The molecule has 108 valence electrons. The Morgan fingerprint density at radius 3 is 2.35 bits per heavy atom. The van der Waals surface area contributed by atoms with Crippen molar-refractivity contribution in [2.45, 2.75) is 32.5 Å². The van der Waals surface area contributed by atoms with Crippen LogP contribution in [0, 0.1) is 12.7 Å². The van der Waals surface area contributed by atoms with Crippen LogP contribution >= 0.6 is 0 Å². The molecule has 1 aromatic heterocycles. The van der Waals surface area contributed by atoms with Gasteiger partial charge in [0.05, 0.1) is 6.04 Å². The van der Waals surface area contributed by atoms with E-state index >= 15 is 0 Å². The minimum absolute atomic E-state index is 0.00578. The summed E-state index contributed by atoms with van der Waals surface area (Å²) < 4.78 is 18.6. The molecule has 0 saturated heterocycles. The summed E-state index contributed by atoms with van der Waals surface area (Å²) in [5, 5.41) is 0.